The second-order valence-corrected chi connectivity index (χ2v) is 7.88. The smallest absolute Gasteiger partial charge is 0.258 e. The summed E-state index contributed by atoms with van der Waals surface area (Å²) in [4.78, 5) is 16.0. The van der Waals surface area contributed by atoms with Crippen LogP contribution in [0.5, 0.6) is 5.75 Å². The van der Waals surface area contributed by atoms with Crippen molar-refractivity contribution in [1.29, 1.82) is 0 Å². The van der Waals surface area contributed by atoms with Crippen molar-refractivity contribution in [2.75, 3.05) is 20.2 Å². The zero-order valence-corrected chi connectivity index (χ0v) is 16.4. The molecular formula is C21H30N4O3. The molecule has 3 fully saturated rings. The van der Waals surface area contributed by atoms with Gasteiger partial charge in [-0.3, -0.25) is 9.79 Å². The van der Waals surface area contributed by atoms with Crippen molar-refractivity contribution >= 4 is 11.9 Å². The predicted molar refractivity (Wildman–Crippen MR) is 108 cm³/mol. The molecule has 1 saturated carbocycles. The number of benzene rings is 1. The Kier molecular flexibility index (Phi) is 6.00. The summed E-state index contributed by atoms with van der Waals surface area (Å²) in [6, 6.07) is 8.65. The Hall–Kier alpha value is -2.28. The molecule has 152 valence electrons. The number of hydrogen-bond acceptors (Lipinski definition) is 4. The highest BCUT2D eigenvalue weighted by molar-refractivity contribution is 5.80. The first kappa shape index (κ1) is 19.1. The molecule has 2 aliphatic heterocycles. The van der Waals surface area contributed by atoms with E-state index in [1.165, 1.54) is 12.0 Å². The van der Waals surface area contributed by atoms with Crippen LogP contribution in [0.2, 0.25) is 0 Å². The van der Waals surface area contributed by atoms with Crippen LogP contribution >= 0.6 is 0 Å². The van der Waals surface area contributed by atoms with Crippen molar-refractivity contribution in [3.8, 4) is 5.75 Å². The van der Waals surface area contributed by atoms with Crippen molar-refractivity contribution in [2.45, 2.75) is 62.8 Å². The van der Waals surface area contributed by atoms with E-state index < -0.39 is 0 Å². The Labute approximate surface area is 166 Å². The van der Waals surface area contributed by atoms with E-state index in [-0.39, 0.29) is 12.5 Å². The molecule has 3 N–H and O–H groups in total. The van der Waals surface area contributed by atoms with Crippen LogP contribution in [0.1, 0.15) is 37.7 Å². The molecule has 28 heavy (non-hydrogen) atoms. The van der Waals surface area contributed by atoms with Crippen molar-refractivity contribution in [1.82, 2.24) is 16.0 Å². The number of nitrogens with one attached hydrogen (secondary N) is 3. The van der Waals surface area contributed by atoms with Crippen LogP contribution in [0.25, 0.3) is 0 Å². The molecular weight excluding hydrogens is 356 g/mol. The third-order valence-electron chi connectivity index (χ3n) is 5.59. The molecule has 2 heterocycles. The Morgan fingerprint density at radius 3 is 2.64 bits per heavy atom. The minimum absolute atomic E-state index is 0.0458. The first-order valence-corrected chi connectivity index (χ1v) is 10.3. The van der Waals surface area contributed by atoms with Gasteiger partial charge >= 0.3 is 0 Å². The summed E-state index contributed by atoms with van der Waals surface area (Å²) in [5.41, 5.74) is 1.21. The van der Waals surface area contributed by atoms with E-state index in [0.717, 1.165) is 50.4 Å². The van der Waals surface area contributed by atoms with E-state index in [1.54, 1.807) is 7.05 Å². The summed E-state index contributed by atoms with van der Waals surface area (Å²) >= 11 is 0. The number of aliphatic imine (C=N–C) groups is 1. The molecule has 3 aliphatic rings. The molecule has 7 nitrogen and oxygen atoms in total. The fraction of sp³-hybridized carbons (Fsp3) is 0.619. The largest absolute Gasteiger partial charge is 0.484 e. The molecule has 3 unspecified atom stereocenters. The molecule has 1 aromatic carbocycles. The summed E-state index contributed by atoms with van der Waals surface area (Å²) in [5, 5.41) is 9.79. The summed E-state index contributed by atoms with van der Waals surface area (Å²) in [6.45, 7) is 0.872. The maximum Gasteiger partial charge on any atom is 0.258 e. The van der Waals surface area contributed by atoms with Gasteiger partial charge in [0.2, 0.25) is 0 Å². The quantitative estimate of drug-likeness (QED) is 0.464. The van der Waals surface area contributed by atoms with Crippen LogP contribution in [0.15, 0.2) is 29.3 Å². The number of rotatable bonds is 8. The Bertz CT molecular complexity index is 702. The van der Waals surface area contributed by atoms with E-state index in [4.69, 9.17) is 9.47 Å². The van der Waals surface area contributed by atoms with Crippen LogP contribution in [0.4, 0.5) is 0 Å². The lowest BCUT2D eigenvalue weighted by Crippen LogP contribution is -2.47. The number of amides is 1. The van der Waals surface area contributed by atoms with Gasteiger partial charge < -0.3 is 25.4 Å². The minimum Gasteiger partial charge on any atom is -0.484 e. The fourth-order valence-electron chi connectivity index (χ4n) is 3.88. The third kappa shape index (κ3) is 5.16. The van der Waals surface area contributed by atoms with Crippen LogP contribution < -0.4 is 20.7 Å². The standard InChI is InChI=1S/C21H30N4O3/c1-22-21(25-18-12-17-8-9-19(18)28-17)23-11-10-14-2-6-16(7-3-14)27-13-20(26)24-15-4-5-15/h2-3,6-7,15,17-19H,4-5,8-13H2,1H3,(H,24,26)(H2,22,23,25). The highest BCUT2D eigenvalue weighted by Gasteiger charge is 2.41. The Balaban J connectivity index is 1.15. The van der Waals surface area contributed by atoms with Crippen molar-refractivity contribution in [3.63, 3.8) is 0 Å². The Morgan fingerprint density at radius 2 is 2.00 bits per heavy atom. The first-order valence-electron chi connectivity index (χ1n) is 10.3. The van der Waals surface area contributed by atoms with Crippen molar-refractivity contribution in [3.05, 3.63) is 29.8 Å². The summed E-state index contributed by atoms with van der Waals surface area (Å²) in [6.07, 6.45) is 7.24. The highest BCUT2D eigenvalue weighted by Crippen LogP contribution is 2.34. The normalized spacial score (nSPS) is 26.2. The van der Waals surface area contributed by atoms with Crippen LogP contribution in [-0.2, 0) is 16.0 Å². The summed E-state index contributed by atoms with van der Waals surface area (Å²) in [7, 11) is 1.80. The molecule has 2 bridgehead atoms. The number of carbonyl (C=O) groups excluding carboxylic acids is 1. The summed E-state index contributed by atoms with van der Waals surface area (Å²) in [5.74, 6) is 1.51. The number of nitrogens with zero attached hydrogens (tertiary/aromatic N) is 1. The van der Waals surface area contributed by atoms with Crippen LogP contribution in [-0.4, -0.2) is 56.4 Å². The molecule has 2 saturated heterocycles. The van der Waals surface area contributed by atoms with Gasteiger partial charge in [0.1, 0.15) is 5.75 Å². The average molecular weight is 386 g/mol. The minimum atomic E-state index is -0.0458. The fourth-order valence-corrected chi connectivity index (χ4v) is 3.88. The van der Waals surface area contributed by atoms with E-state index in [2.05, 4.69) is 20.9 Å². The molecule has 0 radical (unpaired) electrons. The summed E-state index contributed by atoms with van der Waals surface area (Å²) < 4.78 is 11.4. The zero-order valence-electron chi connectivity index (χ0n) is 16.4. The molecule has 0 spiro atoms. The molecule has 1 aliphatic carbocycles. The molecule has 3 atom stereocenters. The molecule has 4 rings (SSSR count). The van der Waals surface area contributed by atoms with Gasteiger partial charge in [-0.25, -0.2) is 0 Å². The second-order valence-electron chi connectivity index (χ2n) is 7.88. The highest BCUT2D eigenvalue weighted by atomic mass is 16.5. The van der Waals surface area contributed by atoms with Crippen molar-refractivity contribution in [2.24, 2.45) is 4.99 Å². The second kappa shape index (κ2) is 8.82. The topological polar surface area (TPSA) is 84.0 Å². The van der Waals surface area contributed by atoms with Crippen LogP contribution in [0, 0.1) is 0 Å². The first-order chi connectivity index (χ1) is 13.7. The Morgan fingerprint density at radius 1 is 1.18 bits per heavy atom. The lowest BCUT2D eigenvalue weighted by atomic mass is 9.96. The maximum atomic E-state index is 11.7. The van der Waals surface area contributed by atoms with E-state index in [0.29, 0.717) is 24.3 Å². The number of ether oxygens (including phenoxy) is 2. The van der Waals surface area contributed by atoms with Crippen molar-refractivity contribution < 1.29 is 14.3 Å². The molecule has 1 aromatic rings. The van der Waals surface area contributed by atoms with Gasteiger partial charge in [-0.15, -0.1) is 0 Å². The van der Waals surface area contributed by atoms with Gasteiger partial charge in [-0.1, -0.05) is 12.1 Å². The van der Waals surface area contributed by atoms with Crippen LogP contribution in [0.3, 0.4) is 0 Å². The monoisotopic (exact) mass is 386 g/mol. The molecule has 0 aromatic heterocycles. The van der Waals surface area contributed by atoms with E-state index >= 15 is 0 Å². The lowest BCUT2D eigenvalue weighted by molar-refractivity contribution is -0.123. The number of hydrogen-bond donors (Lipinski definition) is 3. The SMILES string of the molecule is CN=C(NCCc1ccc(OCC(=O)NC2CC2)cc1)NC1CC2CCC1O2. The van der Waals surface area contributed by atoms with Gasteiger partial charge in [0.25, 0.3) is 5.91 Å². The molecule has 7 heteroatoms. The van der Waals surface area contributed by atoms with Gasteiger partial charge in [0.05, 0.1) is 18.2 Å². The number of guanidine groups is 1. The predicted octanol–water partition coefficient (Wildman–Crippen LogP) is 1.37. The van der Waals surface area contributed by atoms with Gasteiger partial charge in [0.15, 0.2) is 12.6 Å². The third-order valence-corrected chi connectivity index (χ3v) is 5.59. The average Bonchev–Trinajstić information content (AvgIpc) is 3.27. The number of fused-ring (bicyclic) bond motifs is 2. The zero-order chi connectivity index (χ0) is 19.3. The number of carbonyl (C=O) groups is 1. The molecule has 1 amide bonds. The van der Waals surface area contributed by atoms with Gasteiger partial charge in [-0.05, 0) is 56.2 Å². The maximum absolute atomic E-state index is 11.7. The van der Waals surface area contributed by atoms with Gasteiger partial charge in [0, 0.05) is 19.6 Å². The van der Waals surface area contributed by atoms with Gasteiger partial charge in [-0.2, -0.15) is 0 Å². The lowest BCUT2D eigenvalue weighted by Gasteiger charge is -2.22. The van der Waals surface area contributed by atoms with E-state index in [9.17, 15) is 4.79 Å². The van der Waals surface area contributed by atoms with E-state index in [1.807, 2.05) is 24.3 Å².